The molecule has 0 heterocycles. The lowest BCUT2D eigenvalue weighted by molar-refractivity contribution is 0.305. The van der Waals surface area contributed by atoms with Gasteiger partial charge in [0, 0.05) is 15.2 Å². The van der Waals surface area contributed by atoms with Crippen molar-refractivity contribution < 1.29 is 5.11 Å². The Kier molecular flexibility index (Phi) is 8.79. The zero-order valence-electron chi connectivity index (χ0n) is 9.02. The molecule has 0 atom stereocenters. The molecule has 72 valence electrons. The number of terminal acetylenes is 1. The van der Waals surface area contributed by atoms with Crippen LogP contribution in [-0.2, 0) is 0 Å². The lowest BCUT2D eigenvalue weighted by Crippen LogP contribution is -2.16. The molecular weight excluding hydrogens is 164 g/mol. The summed E-state index contributed by atoms with van der Waals surface area (Å²) in [4.78, 5) is 0. The minimum atomic E-state index is -0.359. The van der Waals surface area contributed by atoms with Crippen molar-refractivity contribution in [2.75, 3.05) is 6.61 Å². The number of rotatable bonds is 1. The van der Waals surface area contributed by atoms with Gasteiger partial charge in [0.2, 0.25) is 0 Å². The fourth-order valence-electron chi connectivity index (χ4n) is 0.0645. The van der Waals surface area contributed by atoms with Crippen LogP contribution in [-0.4, -0.2) is 20.5 Å². The van der Waals surface area contributed by atoms with Gasteiger partial charge < -0.3 is 5.11 Å². The van der Waals surface area contributed by atoms with Gasteiger partial charge in [-0.2, -0.15) is 0 Å². The molecule has 0 aliphatic rings. The summed E-state index contributed by atoms with van der Waals surface area (Å²) in [6, 6.07) is 0. The van der Waals surface area contributed by atoms with Gasteiger partial charge >= 0.3 is 0 Å². The van der Waals surface area contributed by atoms with Crippen molar-refractivity contribution >= 4 is 8.80 Å². The molecule has 0 aromatic carbocycles. The summed E-state index contributed by atoms with van der Waals surface area (Å²) in [6.07, 6.45) is 5.20. The molecule has 12 heavy (non-hydrogen) atoms. The first-order valence-electron chi connectivity index (χ1n) is 4.40. The lowest BCUT2D eigenvalue weighted by atomic mass is 10.2. The van der Waals surface area contributed by atoms with Crippen LogP contribution in [0.2, 0.25) is 18.1 Å². The zero-order valence-corrected chi connectivity index (χ0v) is 10.2. The normalized spacial score (nSPS) is 10.2. The van der Waals surface area contributed by atoms with Gasteiger partial charge in [-0.05, 0) is 5.04 Å². The second kappa shape index (κ2) is 7.39. The molecule has 0 spiro atoms. The molecule has 0 aromatic rings. The fourth-order valence-corrected chi connectivity index (χ4v) is 0.0645. The molecule has 0 radical (unpaired) electrons. The Hall–Kier alpha value is -0.263. The molecule has 1 nitrogen and oxygen atoms in total. The fraction of sp³-hybridized carbons (Fsp3) is 0.800. The zero-order chi connectivity index (χ0) is 10.2. The third-order valence-electron chi connectivity index (χ3n) is 1.99. The van der Waals surface area contributed by atoms with E-state index in [0.717, 1.165) is 0 Å². The molecule has 0 aliphatic heterocycles. The Labute approximate surface area is 78.8 Å². The molecule has 0 aromatic heterocycles. The summed E-state index contributed by atoms with van der Waals surface area (Å²) in [5.74, 6) is 2.27. The Morgan fingerprint density at radius 1 is 1.33 bits per heavy atom. The van der Waals surface area contributed by atoms with Crippen LogP contribution < -0.4 is 0 Å². The van der Waals surface area contributed by atoms with Crippen molar-refractivity contribution in [3.05, 3.63) is 0 Å². The molecule has 2 heteroatoms. The highest BCUT2D eigenvalue weighted by Crippen LogP contribution is 2.25. The lowest BCUT2D eigenvalue weighted by Gasteiger charge is -2.21. The third-order valence-corrected chi connectivity index (χ3v) is 5.45. The van der Waals surface area contributed by atoms with Gasteiger partial charge in [-0.1, -0.05) is 33.9 Å². The molecule has 1 N–H and O–H groups in total. The first kappa shape index (κ1) is 14.3. The third kappa shape index (κ3) is 12.4. The van der Waals surface area contributed by atoms with Gasteiger partial charge in [0.1, 0.15) is 0 Å². The summed E-state index contributed by atoms with van der Waals surface area (Å²) in [7, 11) is -0.359. The Morgan fingerprint density at radius 2 is 1.67 bits per heavy atom. The maximum absolute atomic E-state index is 7.92. The van der Waals surface area contributed by atoms with Gasteiger partial charge in [-0.3, -0.25) is 0 Å². The Balaban J connectivity index is 0. The highest BCUT2D eigenvalue weighted by atomic mass is 28.3. The van der Waals surface area contributed by atoms with Crippen LogP contribution in [0.25, 0.3) is 0 Å². The molecule has 0 bridgehead atoms. The van der Waals surface area contributed by atoms with E-state index in [1.165, 1.54) is 0 Å². The molecule has 0 fully saturated rings. The van der Waals surface area contributed by atoms with Crippen molar-refractivity contribution in [3.63, 3.8) is 0 Å². The Bertz CT molecular complexity index is 128. The van der Waals surface area contributed by atoms with E-state index < -0.39 is 0 Å². The second-order valence-corrected chi connectivity index (χ2v) is 8.24. The Morgan fingerprint density at radius 3 is 1.67 bits per heavy atom. The number of hydrogen-bond acceptors (Lipinski definition) is 1. The van der Waals surface area contributed by atoms with Crippen molar-refractivity contribution in [2.45, 2.75) is 45.3 Å². The van der Waals surface area contributed by atoms with Gasteiger partial charge in [0.05, 0.1) is 6.61 Å². The topological polar surface area (TPSA) is 20.2 Å². The molecule has 0 aliphatic carbocycles. The molecule has 0 saturated heterocycles. The maximum Gasteiger partial charge on any atom is 0.0540 e. The molecule has 0 rings (SSSR count). The summed E-state index contributed by atoms with van der Waals surface area (Å²) >= 11 is 0. The first-order valence-corrected chi connectivity index (χ1v) is 7.29. The van der Waals surface area contributed by atoms with E-state index in [1.807, 2.05) is 0 Å². The quantitative estimate of drug-likeness (QED) is 0.492. The monoisotopic (exact) mass is 186 g/mol. The SMILES string of the molecule is C#CCCO.C[SiH](C)C(C)(C)C. The van der Waals surface area contributed by atoms with Crippen LogP contribution in [0.1, 0.15) is 27.2 Å². The second-order valence-electron chi connectivity index (χ2n) is 4.20. The number of aliphatic hydroxyl groups excluding tert-OH is 1. The predicted molar refractivity (Wildman–Crippen MR) is 59.1 cm³/mol. The first-order chi connectivity index (χ1) is 5.36. The highest BCUT2D eigenvalue weighted by Gasteiger charge is 2.15. The summed E-state index contributed by atoms with van der Waals surface area (Å²) < 4.78 is 0. The largest absolute Gasteiger partial charge is 0.395 e. The van der Waals surface area contributed by atoms with Crippen LogP contribution in [0.5, 0.6) is 0 Å². The standard InChI is InChI=1S/C6H16Si.C4H6O/c1-6(2,3)7(4)5;1-2-3-4-5/h7H,1-5H3;1,5H,3-4H2. The van der Waals surface area contributed by atoms with E-state index in [0.29, 0.717) is 11.5 Å². The van der Waals surface area contributed by atoms with Crippen LogP contribution in [0.3, 0.4) is 0 Å². The van der Waals surface area contributed by atoms with Crippen molar-refractivity contribution in [2.24, 2.45) is 0 Å². The van der Waals surface area contributed by atoms with E-state index >= 15 is 0 Å². The van der Waals surface area contributed by atoms with E-state index in [-0.39, 0.29) is 15.4 Å². The molecule has 0 unspecified atom stereocenters. The van der Waals surface area contributed by atoms with Crippen molar-refractivity contribution in [1.82, 2.24) is 0 Å². The van der Waals surface area contributed by atoms with Gasteiger partial charge in [0.25, 0.3) is 0 Å². The van der Waals surface area contributed by atoms with E-state index in [9.17, 15) is 0 Å². The predicted octanol–water partition coefficient (Wildman–Crippen LogP) is 2.28. The van der Waals surface area contributed by atoms with E-state index in [4.69, 9.17) is 11.5 Å². The van der Waals surface area contributed by atoms with Gasteiger partial charge in [0.15, 0.2) is 0 Å². The van der Waals surface area contributed by atoms with Gasteiger partial charge in [-0.15, -0.1) is 12.3 Å². The summed E-state index contributed by atoms with van der Waals surface area (Å²) in [6.45, 7) is 11.9. The minimum absolute atomic E-state index is 0.108. The number of hydrogen-bond donors (Lipinski definition) is 1. The molecular formula is C10H22OSi. The summed E-state index contributed by atoms with van der Waals surface area (Å²) in [5, 5.41) is 8.56. The van der Waals surface area contributed by atoms with E-state index in [2.05, 4.69) is 39.8 Å². The minimum Gasteiger partial charge on any atom is -0.395 e. The number of aliphatic hydroxyl groups is 1. The van der Waals surface area contributed by atoms with Crippen LogP contribution in [0, 0.1) is 12.3 Å². The van der Waals surface area contributed by atoms with Crippen molar-refractivity contribution in [1.29, 1.82) is 0 Å². The van der Waals surface area contributed by atoms with Crippen LogP contribution >= 0.6 is 0 Å². The van der Waals surface area contributed by atoms with E-state index in [1.54, 1.807) is 0 Å². The van der Waals surface area contributed by atoms with Gasteiger partial charge in [-0.25, -0.2) is 0 Å². The molecule has 0 saturated carbocycles. The smallest absolute Gasteiger partial charge is 0.0540 e. The van der Waals surface area contributed by atoms with Crippen LogP contribution in [0.4, 0.5) is 0 Å². The van der Waals surface area contributed by atoms with Crippen LogP contribution in [0.15, 0.2) is 0 Å². The average Bonchev–Trinajstić information content (AvgIpc) is 1.88. The average molecular weight is 186 g/mol. The maximum atomic E-state index is 7.92. The highest BCUT2D eigenvalue weighted by molar-refractivity contribution is 6.59. The molecule has 0 amide bonds. The van der Waals surface area contributed by atoms with Crippen molar-refractivity contribution in [3.8, 4) is 12.3 Å². The summed E-state index contributed by atoms with van der Waals surface area (Å²) in [5.41, 5.74) is 0.